The van der Waals surface area contributed by atoms with E-state index < -0.39 is 0 Å². The van der Waals surface area contributed by atoms with Crippen molar-refractivity contribution < 1.29 is 19.7 Å². The van der Waals surface area contributed by atoms with Gasteiger partial charge in [0.2, 0.25) is 0 Å². The molecule has 2 aromatic carbocycles. The van der Waals surface area contributed by atoms with Crippen molar-refractivity contribution in [1.29, 1.82) is 0 Å². The van der Waals surface area contributed by atoms with Crippen LogP contribution in [0.15, 0.2) is 36.4 Å². The molecule has 4 rings (SSSR count). The number of rotatable bonds is 1. The van der Waals surface area contributed by atoms with E-state index >= 15 is 0 Å². The largest absolute Gasteiger partial charge is 0.508 e. The summed E-state index contributed by atoms with van der Waals surface area (Å²) in [6.07, 6.45) is 4.85. The van der Waals surface area contributed by atoms with Gasteiger partial charge < -0.3 is 19.7 Å². The minimum atomic E-state index is -0.364. The average molecular weight is 338 g/mol. The summed E-state index contributed by atoms with van der Waals surface area (Å²) in [4.78, 5) is 0. The van der Waals surface area contributed by atoms with Gasteiger partial charge in [-0.05, 0) is 50.1 Å². The van der Waals surface area contributed by atoms with E-state index in [9.17, 15) is 10.2 Å². The van der Waals surface area contributed by atoms with Crippen molar-refractivity contribution in [3.8, 4) is 23.0 Å². The van der Waals surface area contributed by atoms with Gasteiger partial charge in [-0.2, -0.15) is 0 Å². The van der Waals surface area contributed by atoms with Crippen molar-refractivity contribution in [2.75, 3.05) is 6.61 Å². The van der Waals surface area contributed by atoms with Crippen LogP contribution in [0.2, 0.25) is 0 Å². The van der Waals surface area contributed by atoms with Gasteiger partial charge in [-0.1, -0.05) is 19.1 Å². The number of hydrogen-bond donors (Lipinski definition) is 2. The Kier molecular flexibility index (Phi) is 3.29. The number of ether oxygens (including phenoxy) is 2. The Morgan fingerprint density at radius 1 is 1.04 bits per heavy atom. The van der Waals surface area contributed by atoms with Gasteiger partial charge in [0.05, 0.1) is 12.2 Å². The predicted octanol–water partition coefficient (Wildman–Crippen LogP) is 4.17. The number of phenolic OH excluding ortho intramolecular Hbond substituents is 2. The van der Waals surface area contributed by atoms with Crippen molar-refractivity contribution in [2.45, 2.75) is 38.2 Å². The quantitative estimate of drug-likeness (QED) is 0.819. The molecular formula is C21H22O4. The highest BCUT2D eigenvalue weighted by atomic mass is 16.5. The lowest BCUT2D eigenvalue weighted by Crippen LogP contribution is -2.37. The summed E-state index contributed by atoms with van der Waals surface area (Å²) in [6, 6.07) is 8.77. The molecule has 0 fully saturated rings. The minimum absolute atomic E-state index is 0.0564. The first-order valence-electron chi connectivity index (χ1n) is 8.47. The van der Waals surface area contributed by atoms with Crippen molar-refractivity contribution in [3.05, 3.63) is 53.1 Å². The topological polar surface area (TPSA) is 58.9 Å². The highest BCUT2D eigenvalue weighted by Gasteiger charge is 2.37. The minimum Gasteiger partial charge on any atom is -0.508 e. The van der Waals surface area contributed by atoms with E-state index in [2.05, 4.69) is 13.0 Å². The molecule has 2 heterocycles. The standard InChI is InChI=1S/C21H22O4/c1-20(2)9-8-15-18(25-20)7-4-13-11-21(3,12-24-19(13)15)16-6-5-14(22)10-17(16)23/h4-10,22-23H,11-12H2,1-3H3. The fourth-order valence-electron chi connectivity index (χ4n) is 3.69. The summed E-state index contributed by atoms with van der Waals surface area (Å²) in [5, 5.41) is 19.8. The van der Waals surface area contributed by atoms with E-state index in [-0.39, 0.29) is 22.5 Å². The lowest BCUT2D eigenvalue weighted by Gasteiger charge is -2.37. The molecule has 2 aliphatic heterocycles. The van der Waals surface area contributed by atoms with Gasteiger partial charge in [0.15, 0.2) is 0 Å². The van der Waals surface area contributed by atoms with Gasteiger partial charge in [-0.25, -0.2) is 0 Å². The summed E-state index contributed by atoms with van der Waals surface area (Å²) in [7, 11) is 0. The average Bonchev–Trinajstić information content (AvgIpc) is 2.53. The third-order valence-corrected chi connectivity index (χ3v) is 5.01. The summed E-state index contributed by atoms with van der Waals surface area (Å²) in [5.41, 5.74) is 2.17. The third kappa shape index (κ3) is 2.62. The van der Waals surface area contributed by atoms with Crippen molar-refractivity contribution in [2.24, 2.45) is 0 Å². The van der Waals surface area contributed by atoms with Crippen molar-refractivity contribution in [1.82, 2.24) is 0 Å². The Morgan fingerprint density at radius 3 is 2.60 bits per heavy atom. The predicted molar refractivity (Wildman–Crippen MR) is 96.5 cm³/mol. The number of benzene rings is 2. The summed E-state index contributed by atoms with van der Waals surface area (Å²) in [6.45, 7) is 6.57. The molecule has 0 spiro atoms. The number of hydrogen-bond acceptors (Lipinski definition) is 4. The first-order chi connectivity index (χ1) is 11.8. The Bertz CT molecular complexity index is 882. The summed E-state index contributed by atoms with van der Waals surface area (Å²) < 4.78 is 12.2. The molecule has 0 aliphatic carbocycles. The van der Waals surface area contributed by atoms with Crippen molar-refractivity contribution >= 4 is 6.08 Å². The van der Waals surface area contributed by atoms with Crippen LogP contribution in [0.4, 0.5) is 0 Å². The molecule has 1 atom stereocenters. The lowest BCUT2D eigenvalue weighted by atomic mass is 9.75. The van der Waals surface area contributed by atoms with Gasteiger partial charge in [0.1, 0.15) is 28.6 Å². The maximum absolute atomic E-state index is 10.3. The lowest BCUT2D eigenvalue weighted by molar-refractivity contribution is 0.154. The molecule has 130 valence electrons. The van der Waals surface area contributed by atoms with E-state index in [1.54, 1.807) is 12.1 Å². The molecule has 4 heteroatoms. The van der Waals surface area contributed by atoms with Gasteiger partial charge >= 0.3 is 0 Å². The van der Waals surface area contributed by atoms with Crippen LogP contribution >= 0.6 is 0 Å². The van der Waals surface area contributed by atoms with Gasteiger partial charge in [0, 0.05) is 17.0 Å². The Balaban J connectivity index is 1.73. The maximum Gasteiger partial charge on any atom is 0.133 e. The molecule has 2 aromatic rings. The normalized spacial score (nSPS) is 23.2. The van der Waals surface area contributed by atoms with E-state index in [1.807, 2.05) is 32.1 Å². The molecule has 0 saturated heterocycles. The number of aromatic hydroxyl groups is 2. The van der Waals surface area contributed by atoms with Crippen LogP contribution in [0.5, 0.6) is 23.0 Å². The molecule has 4 nitrogen and oxygen atoms in total. The van der Waals surface area contributed by atoms with Crippen LogP contribution in [-0.4, -0.2) is 22.4 Å². The van der Waals surface area contributed by atoms with Crippen LogP contribution in [0, 0.1) is 0 Å². The Hall–Kier alpha value is -2.62. The second-order valence-electron chi connectivity index (χ2n) is 7.73. The molecule has 2 N–H and O–H groups in total. The Morgan fingerprint density at radius 2 is 1.84 bits per heavy atom. The molecule has 1 unspecified atom stereocenters. The zero-order valence-electron chi connectivity index (χ0n) is 14.7. The number of fused-ring (bicyclic) bond motifs is 3. The van der Waals surface area contributed by atoms with Crippen LogP contribution in [0.25, 0.3) is 6.08 Å². The van der Waals surface area contributed by atoms with Crippen molar-refractivity contribution in [3.63, 3.8) is 0 Å². The van der Waals surface area contributed by atoms with E-state index in [0.29, 0.717) is 6.61 Å². The zero-order valence-corrected chi connectivity index (χ0v) is 14.7. The molecule has 0 bridgehead atoms. The molecule has 0 amide bonds. The molecule has 2 aliphatic rings. The monoisotopic (exact) mass is 338 g/mol. The molecule has 25 heavy (non-hydrogen) atoms. The summed E-state index contributed by atoms with van der Waals surface area (Å²) >= 11 is 0. The second kappa shape index (κ2) is 5.19. The van der Waals surface area contributed by atoms with E-state index in [1.165, 1.54) is 6.07 Å². The molecule has 0 radical (unpaired) electrons. The molecule has 0 aromatic heterocycles. The van der Waals surface area contributed by atoms with Gasteiger partial charge in [-0.3, -0.25) is 0 Å². The first kappa shape index (κ1) is 15.9. The second-order valence-corrected chi connectivity index (χ2v) is 7.73. The zero-order chi connectivity index (χ0) is 17.8. The van der Waals surface area contributed by atoms with Crippen LogP contribution in [-0.2, 0) is 11.8 Å². The van der Waals surface area contributed by atoms with Crippen LogP contribution < -0.4 is 9.47 Å². The van der Waals surface area contributed by atoms with Gasteiger partial charge in [0.25, 0.3) is 0 Å². The highest BCUT2D eigenvalue weighted by Crippen LogP contribution is 2.46. The van der Waals surface area contributed by atoms with Crippen LogP contribution in [0.3, 0.4) is 0 Å². The highest BCUT2D eigenvalue weighted by molar-refractivity contribution is 5.70. The van der Waals surface area contributed by atoms with E-state index in [0.717, 1.165) is 34.6 Å². The molecule has 0 saturated carbocycles. The SMILES string of the molecule is CC1(C)C=Cc2c(ccc3c2OCC(C)(c2ccc(O)cc2O)C3)O1. The van der Waals surface area contributed by atoms with E-state index in [4.69, 9.17) is 9.47 Å². The third-order valence-electron chi connectivity index (χ3n) is 5.01. The molecular weight excluding hydrogens is 316 g/mol. The number of phenols is 2. The fraction of sp³-hybridized carbons (Fsp3) is 0.333. The summed E-state index contributed by atoms with van der Waals surface area (Å²) in [5.74, 6) is 1.85. The Labute approximate surface area is 147 Å². The first-order valence-corrected chi connectivity index (χ1v) is 8.47. The van der Waals surface area contributed by atoms with Gasteiger partial charge in [-0.15, -0.1) is 0 Å². The van der Waals surface area contributed by atoms with Crippen LogP contribution in [0.1, 0.15) is 37.5 Å². The maximum atomic E-state index is 10.3. The fourth-order valence-corrected chi connectivity index (χ4v) is 3.69. The smallest absolute Gasteiger partial charge is 0.133 e.